The molecule has 1 nitrogen and oxygen atoms in total. The van der Waals surface area contributed by atoms with E-state index < -0.39 is 0 Å². The number of Topliss-reactive ketones (excluding diaryl/α,β-unsaturated/α-hetero) is 1. The molecule has 2 rings (SSSR count). The van der Waals surface area contributed by atoms with Gasteiger partial charge in [0, 0.05) is 12.0 Å². The molecule has 0 saturated carbocycles. The summed E-state index contributed by atoms with van der Waals surface area (Å²) in [4.78, 5) is 11.7. The van der Waals surface area contributed by atoms with Crippen LogP contribution < -0.4 is 0 Å². The lowest BCUT2D eigenvalue weighted by Crippen LogP contribution is -1.99. The maximum atomic E-state index is 11.7. The number of ketones is 1. The number of carbonyl (C=O) groups is 1. The number of hydrogen-bond acceptors (Lipinski definition) is 1. The lowest BCUT2D eigenvalue weighted by atomic mass is 10.0. The zero-order valence-corrected chi connectivity index (χ0v) is 8.20. The van der Waals surface area contributed by atoms with Crippen molar-refractivity contribution < 1.29 is 4.79 Å². The molecule has 0 amide bonds. The number of hydrogen-bond donors (Lipinski definition) is 0. The Kier molecular flexibility index (Phi) is 2.78. The molecule has 0 aliphatic heterocycles. The van der Waals surface area contributed by atoms with Crippen molar-refractivity contribution in [1.82, 2.24) is 0 Å². The van der Waals surface area contributed by atoms with E-state index in [9.17, 15) is 4.79 Å². The van der Waals surface area contributed by atoms with Gasteiger partial charge in [0.15, 0.2) is 5.78 Å². The van der Waals surface area contributed by atoms with Crippen LogP contribution in [0.5, 0.6) is 0 Å². The Morgan fingerprint density at radius 1 is 1.00 bits per heavy atom. The molecular weight excluding hydrogens is 172 g/mol. The monoisotopic (exact) mass is 186 g/mol. The minimum atomic E-state index is 0.300. The average molecular weight is 186 g/mol. The summed E-state index contributed by atoms with van der Waals surface area (Å²) >= 11 is 0. The fraction of sp³-hybridized carbons (Fsp3) is 0.308. The van der Waals surface area contributed by atoms with Crippen LogP contribution in [-0.4, -0.2) is 5.78 Å². The summed E-state index contributed by atoms with van der Waals surface area (Å²) in [5, 5.41) is 0. The van der Waals surface area contributed by atoms with Crippen molar-refractivity contribution in [3.63, 3.8) is 0 Å². The van der Waals surface area contributed by atoms with E-state index in [1.807, 2.05) is 30.3 Å². The molecule has 0 bridgehead atoms. The second-order valence-electron chi connectivity index (χ2n) is 3.65. The van der Waals surface area contributed by atoms with Crippen molar-refractivity contribution in [2.24, 2.45) is 0 Å². The highest BCUT2D eigenvalue weighted by atomic mass is 16.1. The minimum absolute atomic E-state index is 0.300. The number of allylic oxidation sites excluding steroid dienone is 2. The first kappa shape index (κ1) is 9.20. The summed E-state index contributed by atoms with van der Waals surface area (Å²) in [6, 6.07) is 9.96. The van der Waals surface area contributed by atoms with Gasteiger partial charge < -0.3 is 0 Å². The Balaban J connectivity index is 2.32. The summed E-state index contributed by atoms with van der Waals surface area (Å²) < 4.78 is 0. The zero-order chi connectivity index (χ0) is 9.80. The van der Waals surface area contributed by atoms with Gasteiger partial charge in [-0.15, -0.1) is 0 Å². The summed E-state index contributed by atoms with van der Waals surface area (Å²) in [6.45, 7) is 0. The second-order valence-corrected chi connectivity index (χ2v) is 3.65. The van der Waals surface area contributed by atoms with E-state index >= 15 is 0 Å². The average Bonchev–Trinajstić information content (AvgIpc) is 2.44. The number of benzene rings is 1. The SMILES string of the molecule is O=C1CCCCC=C1c1ccccc1. The van der Waals surface area contributed by atoms with Crippen LogP contribution in [0.15, 0.2) is 36.4 Å². The molecule has 72 valence electrons. The van der Waals surface area contributed by atoms with Crippen LogP contribution in [0.3, 0.4) is 0 Å². The molecular formula is C13H14O. The largest absolute Gasteiger partial charge is 0.294 e. The molecule has 0 unspecified atom stereocenters. The highest BCUT2D eigenvalue weighted by molar-refractivity contribution is 6.20. The predicted octanol–water partition coefficient (Wildman–Crippen LogP) is 3.21. The molecule has 0 fully saturated rings. The van der Waals surface area contributed by atoms with Crippen LogP contribution in [0.2, 0.25) is 0 Å². The molecule has 1 aliphatic carbocycles. The zero-order valence-electron chi connectivity index (χ0n) is 8.20. The normalized spacial score (nSPS) is 17.4. The molecule has 0 spiro atoms. The van der Waals surface area contributed by atoms with Gasteiger partial charge in [-0.3, -0.25) is 4.79 Å². The van der Waals surface area contributed by atoms with E-state index in [0.717, 1.165) is 30.4 Å². The molecule has 0 atom stereocenters. The fourth-order valence-corrected chi connectivity index (χ4v) is 1.82. The molecule has 1 aromatic carbocycles. The molecule has 1 aliphatic rings. The van der Waals surface area contributed by atoms with Crippen LogP contribution in [0.1, 0.15) is 31.2 Å². The number of rotatable bonds is 1. The highest BCUT2D eigenvalue weighted by Crippen LogP contribution is 2.22. The summed E-state index contributed by atoms with van der Waals surface area (Å²) in [5.74, 6) is 0.300. The van der Waals surface area contributed by atoms with Gasteiger partial charge in [0.2, 0.25) is 0 Å². The Morgan fingerprint density at radius 3 is 2.57 bits per heavy atom. The summed E-state index contributed by atoms with van der Waals surface area (Å²) in [7, 11) is 0. The first-order valence-electron chi connectivity index (χ1n) is 5.17. The van der Waals surface area contributed by atoms with Crippen LogP contribution >= 0.6 is 0 Å². The quantitative estimate of drug-likeness (QED) is 0.658. The van der Waals surface area contributed by atoms with Crippen molar-refractivity contribution in [3.8, 4) is 0 Å². The Hall–Kier alpha value is -1.37. The van der Waals surface area contributed by atoms with E-state index in [1.165, 1.54) is 0 Å². The molecule has 0 radical (unpaired) electrons. The van der Waals surface area contributed by atoms with E-state index in [-0.39, 0.29) is 0 Å². The fourth-order valence-electron chi connectivity index (χ4n) is 1.82. The van der Waals surface area contributed by atoms with Crippen LogP contribution in [0.25, 0.3) is 5.57 Å². The molecule has 14 heavy (non-hydrogen) atoms. The van der Waals surface area contributed by atoms with Gasteiger partial charge in [0.1, 0.15) is 0 Å². The van der Waals surface area contributed by atoms with E-state index in [0.29, 0.717) is 12.2 Å². The van der Waals surface area contributed by atoms with E-state index in [1.54, 1.807) is 0 Å². The van der Waals surface area contributed by atoms with Crippen LogP contribution in [0, 0.1) is 0 Å². The van der Waals surface area contributed by atoms with Gasteiger partial charge in [0.05, 0.1) is 0 Å². The second kappa shape index (κ2) is 4.23. The standard InChI is InChI=1S/C13H14O/c14-13-10-6-2-5-9-12(13)11-7-3-1-4-8-11/h1,3-4,7-9H,2,5-6,10H2. The lowest BCUT2D eigenvalue weighted by Gasteiger charge is -2.03. The van der Waals surface area contributed by atoms with Crippen molar-refractivity contribution in [2.75, 3.05) is 0 Å². The van der Waals surface area contributed by atoms with Gasteiger partial charge in [-0.25, -0.2) is 0 Å². The van der Waals surface area contributed by atoms with Crippen LogP contribution in [-0.2, 0) is 4.79 Å². The van der Waals surface area contributed by atoms with Gasteiger partial charge >= 0.3 is 0 Å². The Morgan fingerprint density at radius 2 is 1.79 bits per heavy atom. The molecule has 1 heteroatoms. The van der Waals surface area contributed by atoms with E-state index in [4.69, 9.17) is 0 Å². The predicted molar refractivity (Wildman–Crippen MR) is 57.9 cm³/mol. The third-order valence-corrected chi connectivity index (χ3v) is 2.59. The lowest BCUT2D eigenvalue weighted by molar-refractivity contribution is -0.113. The first-order valence-corrected chi connectivity index (χ1v) is 5.17. The van der Waals surface area contributed by atoms with Crippen molar-refractivity contribution in [3.05, 3.63) is 42.0 Å². The number of carbonyl (C=O) groups excluding carboxylic acids is 1. The Labute approximate surface area is 84.5 Å². The maximum absolute atomic E-state index is 11.7. The summed E-state index contributed by atoms with van der Waals surface area (Å²) in [6.07, 6.45) is 6.01. The van der Waals surface area contributed by atoms with Crippen molar-refractivity contribution in [2.45, 2.75) is 25.7 Å². The molecule has 0 aromatic heterocycles. The Bertz CT molecular complexity index is 349. The maximum Gasteiger partial charge on any atom is 0.163 e. The van der Waals surface area contributed by atoms with Crippen LogP contribution in [0.4, 0.5) is 0 Å². The van der Waals surface area contributed by atoms with Crippen molar-refractivity contribution >= 4 is 11.4 Å². The highest BCUT2D eigenvalue weighted by Gasteiger charge is 2.13. The molecule has 0 saturated heterocycles. The molecule has 0 N–H and O–H groups in total. The smallest absolute Gasteiger partial charge is 0.163 e. The third kappa shape index (κ3) is 1.92. The summed E-state index contributed by atoms with van der Waals surface area (Å²) in [5.41, 5.74) is 1.99. The molecule has 1 aromatic rings. The van der Waals surface area contributed by atoms with Gasteiger partial charge in [-0.2, -0.15) is 0 Å². The topological polar surface area (TPSA) is 17.1 Å². The minimum Gasteiger partial charge on any atom is -0.294 e. The van der Waals surface area contributed by atoms with Gasteiger partial charge in [0.25, 0.3) is 0 Å². The van der Waals surface area contributed by atoms with Gasteiger partial charge in [-0.1, -0.05) is 36.4 Å². The third-order valence-electron chi connectivity index (χ3n) is 2.59. The first-order chi connectivity index (χ1) is 6.88. The van der Waals surface area contributed by atoms with Crippen molar-refractivity contribution in [1.29, 1.82) is 0 Å². The van der Waals surface area contributed by atoms with E-state index in [2.05, 4.69) is 6.08 Å². The van der Waals surface area contributed by atoms with Gasteiger partial charge in [-0.05, 0) is 24.8 Å². The molecule has 0 heterocycles.